The van der Waals surface area contributed by atoms with Gasteiger partial charge in [-0.15, -0.1) is 0 Å². The Morgan fingerprint density at radius 2 is 1.85 bits per heavy atom. The first-order valence-electron chi connectivity index (χ1n) is 10.3. The molecule has 2 aliphatic rings. The van der Waals surface area contributed by atoms with Crippen LogP contribution in [0.15, 0.2) is 34.2 Å². The van der Waals surface area contributed by atoms with Gasteiger partial charge in [0.25, 0.3) is 0 Å². The molecule has 2 amide bonds. The van der Waals surface area contributed by atoms with Crippen LogP contribution in [0.3, 0.4) is 0 Å². The highest BCUT2D eigenvalue weighted by atomic mass is 32.2. The minimum Gasteiger partial charge on any atom is -0.360 e. The number of halogens is 6. The highest BCUT2D eigenvalue weighted by Crippen LogP contribution is 2.38. The summed E-state index contributed by atoms with van der Waals surface area (Å²) in [6.45, 7) is 0.699. The van der Waals surface area contributed by atoms with Crippen molar-refractivity contribution in [1.29, 1.82) is 0 Å². The van der Waals surface area contributed by atoms with E-state index in [9.17, 15) is 35.9 Å². The molecule has 6 nitrogen and oxygen atoms in total. The molecule has 3 rings (SSSR count). The molecule has 0 atom stereocenters. The lowest BCUT2D eigenvalue weighted by molar-refractivity contribution is -0.143. The second-order valence-corrected chi connectivity index (χ2v) is 8.86. The quantitative estimate of drug-likeness (QED) is 0.577. The van der Waals surface area contributed by atoms with E-state index >= 15 is 0 Å². The molecule has 34 heavy (non-hydrogen) atoms. The normalized spacial score (nSPS) is 19.4. The van der Waals surface area contributed by atoms with Crippen LogP contribution < -0.4 is 10.6 Å². The zero-order chi connectivity index (χ0) is 25.1. The van der Waals surface area contributed by atoms with Crippen molar-refractivity contribution in [3.63, 3.8) is 0 Å². The average molecular weight is 508 g/mol. The molecule has 0 saturated carbocycles. The van der Waals surface area contributed by atoms with Crippen molar-refractivity contribution in [3.8, 4) is 0 Å². The number of nitrogens with one attached hydrogen (secondary N) is 2. The molecule has 2 aliphatic heterocycles. The Morgan fingerprint density at radius 3 is 2.44 bits per heavy atom. The maximum Gasteiger partial charge on any atom is 0.416 e. The van der Waals surface area contributed by atoms with Crippen LogP contribution in [0.25, 0.3) is 0 Å². The molecule has 0 radical (unpaired) electrons. The smallest absolute Gasteiger partial charge is 0.360 e. The molecule has 0 unspecified atom stereocenters. The molecule has 0 bridgehead atoms. The standard InChI is InChI=1S/C21H22F6N4O2S/c1-28-17(32)10-29-18-16(34-19(33)30-18)8-12-4-6-31(7-5-12)11-13-2-3-14(20(22,23)24)9-15(13)21(25,26)27/h2-3,8-9,12H,4-7,10-11H2,1H3,(H,28,32)(H,29,30,33)/b16-8-. The largest absolute Gasteiger partial charge is 0.416 e. The number of thioether (sulfide) groups is 1. The monoisotopic (exact) mass is 508 g/mol. The summed E-state index contributed by atoms with van der Waals surface area (Å²) in [6, 6.07) is 1.72. The summed E-state index contributed by atoms with van der Waals surface area (Å²) in [7, 11) is 1.48. The molecule has 2 heterocycles. The van der Waals surface area contributed by atoms with E-state index in [2.05, 4.69) is 15.6 Å². The third-order valence-electron chi connectivity index (χ3n) is 5.48. The van der Waals surface area contributed by atoms with Gasteiger partial charge in [0, 0.05) is 13.6 Å². The molecule has 13 heteroatoms. The van der Waals surface area contributed by atoms with E-state index in [1.54, 1.807) is 4.90 Å². The van der Waals surface area contributed by atoms with Gasteiger partial charge in [0.1, 0.15) is 5.84 Å². The summed E-state index contributed by atoms with van der Waals surface area (Å²) in [5, 5.41) is 4.84. The van der Waals surface area contributed by atoms with Gasteiger partial charge in [-0.1, -0.05) is 12.1 Å². The van der Waals surface area contributed by atoms with Gasteiger partial charge in [0.2, 0.25) is 5.91 Å². The summed E-state index contributed by atoms with van der Waals surface area (Å²) in [5.41, 5.74) is -2.82. The van der Waals surface area contributed by atoms with E-state index in [4.69, 9.17) is 0 Å². The Kier molecular flexibility index (Phi) is 7.96. The zero-order valence-corrected chi connectivity index (χ0v) is 18.8. The van der Waals surface area contributed by atoms with Crippen LogP contribution in [-0.4, -0.2) is 48.6 Å². The Morgan fingerprint density at radius 1 is 1.18 bits per heavy atom. The van der Waals surface area contributed by atoms with Crippen LogP contribution >= 0.6 is 11.8 Å². The van der Waals surface area contributed by atoms with Gasteiger partial charge < -0.3 is 10.6 Å². The first-order chi connectivity index (χ1) is 15.9. The first-order valence-corrected chi connectivity index (χ1v) is 11.1. The van der Waals surface area contributed by atoms with Gasteiger partial charge >= 0.3 is 17.6 Å². The lowest BCUT2D eigenvalue weighted by Gasteiger charge is -2.31. The van der Waals surface area contributed by atoms with Crippen LogP contribution in [0.1, 0.15) is 29.5 Å². The van der Waals surface area contributed by atoms with Crippen molar-refractivity contribution in [1.82, 2.24) is 15.5 Å². The van der Waals surface area contributed by atoms with Crippen LogP contribution in [0, 0.1) is 5.92 Å². The summed E-state index contributed by atoms with van der Waals surface area (Å²) in [5.74, 6) is 0.0631. The van der Waals surface area contributed by atoms with Crippen molar-refractivity contribution >= 4 is 28.7 Å². The van der Waals surface area contributed by atoms with Gasteiger partial charge in [0.05, 0.1) is 22.6 Å². The Balaban J connectivity index is 1.64. The van der Waals surface area contributed by atoms with Crippen molar-refractivity contribution in [2.45, 2.75) is 31.7 Å². The maximum atomic E-state index is 13.4. The zero-order valence-electron chi connectivity index (χ0n) is 18.0. The molecule has 1 fully saturated rings. The molecule has 1 aromatic carbocycles. The predicted molar refractivity (Wildman–Crippen MR) is 115 cm³/mol. The van der Waals surface area contributed by atoms with E-state index in [0.29, 0.717) is 42.7 Å². The highest BCUT2D eigenvalue weighted by Gasteiger charge is 2.38. The van der Waals surface area contributed by atoms with Crippen molar-refractivity contribution in [3.05, 3.63) is 45.9 Å². The van der Waals surface area contributed by atoms with Crippen molar-refractivity contribution in [2.24, 2.45) is 10.9 Å². The molecule has 1 aromatic rings. The number of likely N-dealkylation sites (tertiary alicyclic amines) is 1. The van der Waals surface area contributed by atoms with E-state index in [1.165, 1.54) is 7.05 Å². The number of aliphatic imine (C=N–C) groups is 1. The Labute approximate surface area is 195 Å². The van der Waals surface area contributed by atoms with Gasteiger partial charge in [-0.25, -0.2) is 0 Å². The average Bonchev–Trinajstić information content (AvgIpc) is 3.11. The number of alkyl halides is 6. The molecule has 1 saturated heterocycles. The number of allylic oxidation sites excluding steroid dienone is 1. The highest BCUT2D eigenvalue weighted by molar-refractivity contribution is 8.18. The number of likely N-dealkylation sites (N-methyl/N-ethyl adjacent to an activating group) is 1. The van der Waals surface area contributed by atoms with E-state index < -0.39 is 28.7 Å². The number of carbonyl (C=O) groups excluding carboxylic acids is 2. The van der Waals surface area contributed by atoms with E-state index in [0.717, 1.165) is 17.8 Å². The number of amides is 2. The van der Waals surface area contributed by atoms with Gasteiger partial charge in [-0.05, 0) is 61.3 Å². The molecule has 0 aromatic heterocycles. The van der Waals surface area contributed by atoms with Crippen LogP contribution in [0.4, 0.5) is 31.1 Å². The SMILES string of the molecule is CNC(=O)CNC1=NC(=O)S/C1=C\C1CCN(Cc2ccc(C(F)(F)F)cc2C(F)(F)F)CC1. The number of carbonyl (C=O) groups is 2. The fourth-order valence-corrected chi connectivity index (χ4v) is 4.49. The van der Waals surface area contributed by atoms with Crippen molar-refractivity contribution < 1.29 is 35.9 Å². The number of rotatable bonds is 5. The van der Waals surface area contributed by atoms with Gasteiger partial charge in [-0.2, -0.15) is 31.3 Å². The minimum absolute atomic E-state index is 0.0337. The number of hydrogen-bond donors (Lipinski definition) is 2. The summed E-state index contributed by atoms with van der Waals surface area (Å²) < 4.78 is 78.8. The molecule has 0 aliphatic carbocycles. The van der Waals surface area contributed by atoms with E-state index in [-0.39, 0.29) is 36.5 Å². The number of piperidine rings is 1. The molecule has 2 N–H and O–H groups in total. The number of hydrogen-bond acceptors (Lipinski definition) is 5. The first kappa shape index (κ1) is 26.1. The summed E-state index contributed by atoms with van der Waals surface area (Å²) >= 11 is 0.932. The van der Waals surface area contributed by atoms with E-state index in [1.807, 2.05) is 6.08 Å². The number of nitrogens with zero attached hydrogens (tertiary/aromatic N) is 2. The van der Waals surface area contributed by atoms with Gasteiger partial charge in [0.15, 0.2) is 0 Å². The van der Waals surface area contributed by atoms with Crippen LogP contribution in [0.2, 0.25) is 0 Å². The maximum absolute atomic E-state index is 13.4. The summed E-state index contributed by atoms with van der Waals surface area (Å²) in [4.78, 5) is 29.3. The second-order valence-electron chi connectivity index (χ2n) is 7.87. The molecular weight excluding hydrogens is 486 g/mol. The van der Waals surface area contributed by atoms with Crippen LogP contribution in [-0.2, 0) is 23.7 Å². The Hall–Kier alpha value is -2.54. The lowest BCUT2D eigenvalue weighted by Crippen LogP contribution is -2.35. The molecule has 186 valence electrons. The topological polar surface area (TPSA) is 73.8 Å². The minimum atomic E-state index is -4.90. The van der Waals surface area contributed by atoms with Crippen LogP contribution in [0.5, 0.6) is 0 Å². The second kappa shape index (κ2) is 10.4. The lowest BCUT2D eigenvalue weighted by atomic mass is 9.95. The van der Waals surface area contributed by atoms with Crippen molar-refractivity contribution in [2.75, 3.05) is 26.7 Å². The molecule has 0 spiro atoms. The number of amidine groups is 1. The summed E-state index contributed by atoms with van der Waals surface area (Å²) in [6.07, 6.45) is -6.72. The van der Waals surface area contributed by atoms with Gasteiger partial charge in [-0.3, -0.25) is 14.5 Å². The number of benzene rings is 1. The fourth-order valence-electron chi connectivity index (χ4n) is 3.69. The third-order valence-corrected chi connectivity index (χ3v) is 6.30. The third kappa shape index (κ3) is 6.75. The molecular formula is C21H22F6N4O2S. The predicted octanol–water partition coefficient (Wildman–Crippen LogP) is 4.42. The fraction of sp³-hybridized carbons (Fsp3) is 0.476. The Bertz CT molecular complexity index is 998.